The number of alkyl halides is 2. The van der Waals surface area contributed by atoms with Gasteiger partial charge in [-0.25, -0.2) is 23.4 Å². The molecule has 4 aromatic rings. The monoisotopic (exact) mass is 1200 g/mol. The number of fused-ring (bicyclic) bond motifs is 2. The van der Waals surface area contributed by atoms with Crippen molar-refractivity contribution in [3.63, 3.8) is 0 Å². The number of benzene rings is 3. The van der Waals surface area contributed by atoms with Crippen molar-refractivity contribution in [2.45, 2.75) is 143 Å². The molecule has 3 heterocycles. The van der Waals surface area contributed by atoms with E-state index in [1.807, 2.05) is 30.1 Å². The zero-order valence-corrected chi connectivity index (χ0v) is 50.3. The Labute approximate surface area is 506 Å². The van der Waals surface area contributed by atoms with E-state index >= 15 is 0 Å². The summed E-state index contributed by atoms with van der Waals surface area (Å²) >= 11 is 0. The molecule has 0 saturated carbocycles. The average Bonchev–Trinajstić information content (AvgIpc) is 2.74. The number of alkyl carbamates (subject to hydrolysis) is 1. The van der Waals surface area contributed by atoms with Crippen molar-refractivity contribution in [3.8, 4) is 0 Å². The van der Waals surface area contributed by atoms with E-state index in [9.17, 15) is 47.1 Å². The summed E-state index contributed by atoms with van der Waals surface area (Å²) < 4.78 is 35.0. The topological polar surface area (TPSA) is 314 Å². The lowest BCUT2D eigenvalue weighted by Gasteiger charge is -2.28. The first-order chi connectivity index (χ1) is 41.6. The maximum Gasteiger partial charge on any atom is 0.407 e. The number of unbranched alkanes of at least 4 members (excludes halogenated alkanes) is 3. The van der Waals surface area contributed by atoms with Crippen LogP contribution in [0.4, 0.5) is 35.4 Å². The molecule has 11 N–H and O–H groups in total. The van der Waals surface area contributed by atoms with Crippen LogP contribution in [0.3, 0.4) is 0 Å². The van der Waals surface area contributed by atoms with Crippen LogP contribution in [0.1, 0.15) is 147 Å². The third-order valence-electron chi connectivity index (χ3n) is 14.5. The quantitative estimate of drug-likeness (QED) is 0.0220. The number of carbonyl (C=O) groups excluding carboxylic acids is 8. The molecular formula is C63H83F2N13O9. The summed E-state index contributed by atoms with van der Waals surface area (Å²) in [5.74, 6) is -6.09. The minimum Gasteiger partial charge on any atom is -0.445 e. The number of halogens is 2. The van der Waals surface area contributed by atoms with Crippen LogP contribution in [0.2, 0.25) is 0 Å². The summed E-state index contributed by atoms with van der Waals surface area (Å²) in [5, 5.41) is 17.9. The number of ether oxygens (including phenoxy) is 1. The fourth-order valence-electron chi connectivity index (χ4n) is 9.87. The third kappa shape index (κ3) is 21.6. The fraction of sp³-hybridized carbons (Fsp3) is 0.460. The van der Waals surface area contributed by atoms with Gasteiger partial charge in [0.25, 0.3) is 17.7 Å². The first-order valence-corrected chi connectivity index (χ1v) is 29.8. The molecule has 0 radical (unpaired) electrons. The second-order valence-corrected chi connectivity index (χ2v) is 22.2. The number of aliphatic imine (C=N–C) groups is 1. The van der Waals surface area contributed by atoms with Crippen molar-refractivity contribution in [1.82, 2.24) is 41.4 Å². The second kappa shape index (κ2) is 33.2. The van der Waals surface area contributed by atoms with E-state index in [2.05, 4.69) is 53.7 Å². The van der Waals surface area contributed by atoms with Gasteiger partial charge in [-0.15, -0.1) is 0 Å². The number of aromatic nitrogens is 1. The molecule has 2 aliphatic heterocycles. The molecule has 1 aromatic heterocycles. The molecule has 0 saturated heterocycles. The molecule has 0 fully saturated rings. The number of pyridine rings is 1. The fourth-order valence-corrected chi connectivity index (χ4v) is 9.87. The van der Waals surface area contributed by atoms with E-state index in [1.54, 1.807) is 80.7 Å². The van der Waals surface area contributed by atoms with E-state index < -0.39 is 60.9 Å². The third-order valence-corrected chi connectivity index (χ3v) is 14.5. The lowest BCUT2D eigenvalue weighted by Crippen LogP contribution is -2.54. The number of nitrogens with zero attached hydrogens (tertiary/aromatic N) is 4. The summed E-state index contributed by atoms with van der Waals surface area (Å²) in [4.78, 5) is 116. The summed E-state index contributed by atoms with van der Waals surface area (Å²) in [6.45, 7) is 10.4. The summed E-state index contributed by atoms with van der Waals surface area (Å²) in [6, 6.07) is 17.0. The van der Waals surface area contributed by atoms with Crippen LogP contribution in [0.25, 0.3) is 6.08 Å². The van der Waals surface area contributed by atoms with Gasteiger partial charge in [-0.3, -0.25) is 38.7 Å². The predicted molar refractivity (Wildman–Crippen MR) is 329 cm³/mol. The number of amidine groups is 1. The highest BCUT2D eigenvalue weighted by atomic mass is 19.3. The van der Waals surface area contributed by atoms with Crippen LogP contribution < -0.4 is 48.7 Å². The largest absolute Gasteiger partial charge is 0.445 e. The summed E-state index contributed by atoms with van der Waals surface area (Å²) in [7, 11) is 0. The average molecular weight is 1200 g/mol. The molecule has 2 aliphatic rings. The number of amides is 9. The first kappa shape index (κ1) is 67.3. The van der Waals surface area contributed by atoms with Gasteiger partial charge in [-0.1, -0.05) is 84.2 Å². The van der Waals surface area contributed by atoms with Crippen LogP contribution in [-0.4, -0.2) is 125 Å². The van der Waals surface area contributed by atoms with Crippen LogP contribution in [-0.2, 0) is 50.0 Å². The number of hydrogen-bond acceptors (Lipinski definition) is 13. The minimum absolute atomic E-state index is 0.0737. The molecule has 0 unspecified atom stereocenters. The Morgan fingerprint density at radius 2 is 1.46 bits per heavy atom. The Hall–Kier alpha value is -8.80. The number of hydrogen-bond donors (Lipinski definition) is 9. The number of anilines is 2. The Bertz CT molecular complexity index is 3110. The van der Waals surface area contributed by atoms with Gasteiger partial charge in [0.05, 0.1) is 30.7 Å². The molecule has 87 heavy (non-hydrogen) atoms. The minimum atomic E-state index is -3.54. The molecule has 6 rings (SSSR count). The number of urea groups is 1. The van der Waals surface area contributed by atoms with Crippen molar-refractivity contribution >= 4 is 76.5 Å². The summed E-state index contributed by atoms with van der Waals surface area (Å²) in [5.41, 5.74) is 17.7. The second-order valence-electron chi connectivity index (χ2n) is 22.2. The number of primary amides is 1. The zero-order chi connectivity index (χ0) is 63.0. The van der Waals surface area contributed by atoms with Crippen molar-refractivity contribution in [2.75, 3.05) is 49.9 Å². The Kier molecular flexibility index (Phi) is 25.7. The van der Waals surface area contributed by atoms with Crippen LogP contribution in [0.5, 0.6) is 0 Å². The lowest BCUT2D eigenvalue weighted by molar-refractivity contribution is -0.132. The smallest absolute Gasteiger partial charge is 0.407 e. The molecule has 0 spiro atoms. The molecule has 22 nitrogen and oxygen atoms in total. The van der Waals surface area contributed by atoms with Gasteiger partial charge in [-0.2, -0.15) is 0 Å². The molecule has 24 heteroatoms. The molecule has 3 aromatic carbocycles. The zero-order valence-electron chi connectivity index (χ0n) is 50.3. The van der Waals surface area contributed by atoms with E-state index in [0.717, 1.165) is 48.9 Å². The normalized spacial score (nSPS) is 13.7. The highest BCUT2D eigenvalue weighted by Gasteiger charge is 2.32. The Morgan fingerprint density at radius 1 is 0.759 bits per heavy atom. The predicted octanol–water partition coefficient (Wildman–Crippen LogP) is 7.59. The Morgan fingerprint density at radius 3 is 2.15 bits per heavy atom. The summed E-state index contributed by atoms with van der Waals surface area (Å²) in [6.07, 6.45) is 9.11. The molecule has 468 valence electrons. The van der Waals surface area contributed by atoms with E-state index in [4.69, 9.17) is 16.2 Å². The maximum atomic E-state index is 14.9. The molecule has 2 atom stereocenters. The standard InChI is InChI=1S/C63H83F2N13O9/c1-6-9-10-11-14-54(79)76-55(40(4)5)59(83)75-51(13-12-26-68-61(67)85)58(82)72-48-23-17-42(18-24-48)37-87-62(86)71-39-63(64,65)38-70-56(80)43-19-15-41(16-20-43)35-77-29-25-50-47(36-77)31-49(34-69-50)73-57(81)45-22-21-44-30-46(33-53(66)74-52(44)32-45)60(84)78(27-7-2)28-8-3/h15-24,30-32,34,40,51,55H,6-14,25-29,33,35-39H2,1-5H3,(H2,66,74)(H,70,80)(H,71,86)(H,72,82)(H,73,81)(H,75,83)(H,76,79)(H3,67,68,85)/t51-,55-/m0/s1. The number of nitrogens with one attached hydrogen (secondary N) is 7. The van der Waals surface area contributed by atoms with Crippen LogP contribution in [0.15, 0.2) is 89.6 Å². The van der Waals surface area contributed by atoms with Gasteiger partial charge < -0.3 is 58.3 Å². The van der Waals surface area contributed by atoms with Gasteiger partial charge in [-0.05, 0) is 103 Å². The highest BCUT2D eigenvalue weighted by molar-refractivity contribution is 6.08. The van der Waals surface area contributed by atoms with Gasteiger partial charge in [0.1, 0.15) is 24.5 Å². The van der Waals surface area contributed by atoms with Crippen LogP contribution in [0, 0.1) is 5.92 Å². The van der Waals surface area contributed by atoms with E-state index in [1.165, 1.54) is 12.1 Å². The Balaban J connectivity index is 0.923. The highest BCUT2D eigenvalue weighted by Crippen LogP contribution is 2.30. The molecule has 0 aliphatic carbocycles. The van der Waals surface area contributed by atoms with E-state index in [-0.39, 0.29) is 73.9 Å². The lowest BCUT2D eigenvalue weighted by atomic mass is 10.0. The van der Waals surface area contributed by atoms with E-state index in [0.29, 0.717) is 84.9 Å². The first-order valence-electron chi connectivity index (χ1n) is 29.8. The molecular weight excluding hydrogens is 1120 g/mol. The maximum absolute atomic E-state index is 14.9. The van der Waals surface area contributed by atoms with Crippen LogP contribution >= 0.6 is 0 Å². The number of carbonyl (C=O) groups is 8. The van der Waals surface area contributed by atoms with Crippen molar-refractivity contribution in [2.24, 2.45) is 22.4 Å². The van der Waals surface area contributed by atoms with Gasteiger partial charge in [0.15, 0.2) is 0 Å². The van der Waals surface area contributed by atoms with Gasteiger partial charge in [0, 0.05) is 92.2 Å². The molecule has 9 amide bonds. The van der Waals surface area contributed by atoms with Gasteiger partial charge >= 0.3 is 12.1 Å². The van der Waals surface area contributed by atoms with Gasteiger partial charge in [0.2, 0.25) is 23.6 Å². The SMILES string of the molecule is CCCCCCC(=O)N[C@H](C(=O)N[C@@H](CCCNC(N)=O)C(=O)Nc1ccc(COC(=O)NCC(F)(F)CNC(=O)c2ccc(CN3CCc4ncc(NC(=O)c5ccc6c(c5)N=C(N)CC(C(=O)N(CCC)CCC)=C6)cc4C3)cc2)cc1)C(C)C. The van der Waals surface area contributed by atoms with Crippen molar-refractivity contribution < 1.29 is 51.9 Å². The van der Waals surface area contributed by atoms with Crippen molar-refractivity contribution in [1.29, 1.82) is 0 Å². The number of rotatable bonds is 31. The number of nitrogens with two attached hydrogens (primary N) is 2. The van der Waals surface area contributed by atoms with Crippen molar-refractivity contribution in [3.05, 3.63) is 124 Å². The molecule has 0 bridgehead atoms.